The molecular formula is C25H29N3O4. The molecule has 2 saturated heterocycles. The summed E-state index contributed by atoms with van der Waals surface area (Å²) in [7, 11) is 1.38. The smallest absolute Gasteiger partial charge is 0.337 e. The Bertz CT molecular complexity index is 968. The van der Waals surface area contributed by atoms with Gasteiger partial charge >= 0.3 is 12.0 Å². The van der Waals surface area contributed by atoms with Crippen LogP contribution in [0.15, 0.2) is 54.6 Å². The Labute approximate surface area is 188 Å². The Hall–Kier alpha value is -3.19. The topological polar surface area (TPSA) is 87.7 Å². The standard InChI is InChI=1S/C25H29N3O4/c1-32-22(29)20-9-7-19(8-10-20)17-28-15-12-21(13-16-28)25(23(30)26-24(31)27-25)14-11-18-5-3-2-4-6-18/h2-10,21H,11-17H2,1H3,(H2,26,27,30,31)/t25-/m1/s1. The number of benzene rings is 2. The fourth-order valence-corrected chi connectivity index (χ4v) is 4.87. The maximum absolute atomic E-state index is 12.9. The molecule has 2 aliphatic rings. The second-order valence-corrected chi connectivity index (χ2v) is 8.60. The van der Waals surface area contributed by atoms with Gasteiger partial charge in [0.15, 0.2) is 0 Å². The lowest BCUT2D eigenvalue weighted by molar-refractivity contribution is -0.127. The van der Waals surface area contributed by atoms with Crippen LogP contribution < -0.4 is 10.6 Å². The van der Waals surface area contributed by atoms with Crippen LogP contribution in [0.2, 0.25) is 0 Å². The lowest BCUT2D eigenvalue weighted by Gasteiger charge is -2.40. The van der Waals surface area contributed by atoms with Gasteiger partial charge in [-0.25, -0.2) is 9.59 Å². The molecule has 1 atom stereocenters. The van der Waals surface area contributed by atoms with Gasteiger partial charge in [0, 0.05) is 6.54 Å². The third-order valence-electron chi connectivity index (χ3n) is 6.69. The Morgan fingerprint density at radius 2 is 1.72 bits per heavy atom. The van der Waals surface area contributed by atoms with Gasteiger partial charge in [0.25, 0.3) is 5.91 Å². The van der Waals surface area contributed by atoms with Crippen molar-refractivity contribution in [1.29, 1.82) is 0 Å². The molecule has 3 amide bonds. The Balaban J connectivity index is 1.38. The first kappa shape index (κ1) is 22.0. The second-order valence-electron chi connectivity index (χ2n) is 8.60. The van der Waals surface area contributed by atoms with E-state index in [1.54, 1.807) is 12.1 Å². The summed E-state index contributed by atoms with van der Waals surface area (Å²) in [4.78, 5) is 38.9. The number of amides is 3. The molecular weight excluding hydrogens is 406 g/mol. The third kappa shape index (κ3) is 4.67. The van der Waals surface area contributed by atoms with Gasteiger partial charge in [0.05, 0.1) is 12.7 Å². The quantitative estimate of drug-likeness (QED) is 0.516. The molecule has 2 aromatic rings. The number of imide groups is 1. The fraction of sp³-hybridized carbons (Fsp3) is 0.400. The maximum atomic E-state index is 12.9. The van der Waals surface area contributed by atoms with Crippen molar-refractivity contribution >= 4 is 17.9 Å². The summed E-state index contributed by atoms with van der Waals surface area (Å²) in [5, 5.41) is 5.45. The highest BCUT2D eigenvalue weighted by Gasteiger charge is 2.51. The van der Waals surface area contributed by atoms with Gasteiger partial charge in [-0.05, 0) is 68.0 Å². The second kappa shape index (κ2) is 9.53. The van der Waals surface area contributed by atoms with E-state index < -0.39 is 11.6 Å². The van der Waals surface area contributed by atoms with Gasteiger partial charge in [-0.2, -0.15) is 0 Å². The van der Waals surface area contributed by atoms with Gasteiger partial charge in [0.1, 0.15) is 5.54 Å². The van der Waals surface area contributed by atoms with Crippen molar-refractivity contribution < 1.29 is 19.1 Å². The highest BCUT2D eigenvalue weighted by atomic mass is 16.5. The normalized spacial score (nSPS) is 21.8. The minimum atomic E-state index is -0.846. The highest BCUT2D eigenvalue weighted by molar-refractivity contribution is 6.07. The number of likely N-dealkylation sites (tertiary alicyclic amines) is 1. The summed E-state index contributed by atoms with van der Waals surface area (Å²) in [6.45, 7) is 2.48. The summed E-state index contributed by atoms with van der Waals surface area (Å²) in [6.07, 6.45) is 3.00. The number of carbonyl (C=O) groups excluding carboxylic acids is 3. The summed E-state index contributed by atoms with van der Waals surface area (Å²) < 4.78 is 4.75. The molecule has 2 aromatic carbocycles. The van der Waals surface area contributed by atoms with Crippen LogP contribution in [0.25, 0.3) is 0 Å². The lowest BCUT2D eigenvalue weighted by Crippen LogP contribution is -2.56. The zero-order valence-electron chi connectivity index (χ0n) is 18.3. The molecule has 7 nitrogen and oxygen atoms in total. The number of methoxy groups -OCH3 is 1. The largest absolute Gasteiger partial charge is 0.465 e. The minimum Gasteiger partial charge on any atom is -0.465 e. The van der Waals surface area contributed by atoms with Gasteiger partial charge in [-0.15, -0.1) is 0 Å². The molecule has 32 heavy (non-hydrogen) atoms. The molecule has 0 aliphatic carbocycles. The van der Waals surface area contributed by atoms with Crippen LogP contribution in [0.4, 0.5) is 4.79 Å². The number of ether oxygens (including phenoxy) is 1. The maximum Gasteiger partial charge on any atom is 0.337 e. The number of nitrogens with one attached hydrogen (secondary N) is 2. The first-order valence-corrected chi connectivity index (χ1v) is 11.1. The number of esters is 1. The van der Waals surface area contributed by atoms with Gasteiger partial charge < -0.3 is 10.1 Å². The van der Waals surface area contributed by atoms with Crippen LogP contribution in [-0.2, 0) is 22.5 Å². The third-order valence-corrected chi connectivity index (χ3v) is 6.69. The van der Waals surface area contributed by atoms with E-state index in [1.165, 1.54) is 7.11 Å². The molecule has 4 rings (SSSR count). The zero-order valence-corrected chi connectivity index (χ0v) is 18.3. The lowest BCUT2D eigenvalue weighted by atomic mass is 9.74. The van der Waals surface area contributed by atoms with Crippen molar-refractivity contribution in [3.63, 3.8) is 0 Å². The summed E-state index contributed by atoms with van der Waals surface area (Å²) in [5.74, 6) is -0.444. The first-order chi connectivity index (χ1) is 15.5. The summed E-state index contributed by atoms with van der Waals surface area (Å²) >= 11 is 0. The molecule has 0 radical (unpaired) electrons. The minimum absolute atomic E-state index is 0.0932. The van der Waals surface area contributed by atoms with E-state index in [0.29, 0.717) is 12.0 Å². The molecule has 2 fully saturated rings. The molecule has 2 N–H and O–H groups in total. The van der Waals surface area contributed by atoms with Crippen molar-refractivity contribution in [1.82, 2.24) is 15.5 Å². The number of carbonyl (C=O) groups is 3. The number of piperidine rings is 1. The number of urea groups is 1. The number of nitrogens with zero attached hydrogens (tertiary/aromatic N) is 1. The highest BCUT2D eigenvalue weighted by Crippen LogP contribution is 2.35. The van der Waals surface area contributed by atoms with Crippen LogP contribution in [0.3, 0.4) is 0 Å². The predicted molar refractivity (Wildman–Crippen MR) is 120 cm³/mol. The van der Waals surface area contributed by atoms with Crippen molar-refractivity contribution in [3.8, 4) is 0 Å². The SMILES string of the molecule is COC(=O)c1ccc(CN2CCC([C@@]3(CCc4ccccc4)NC(=O)NC3=O)CC2)cc1. The Kier molecular flexibility index (Phi) is 6.55. The molecule has 0 saturated carbocycles. The van der Waals surface area contributed by atoms with Gasteiger partial charge in [-0.3, -0.25) is 15.0 Å². The molecule has 0 bridgehead atoms. The number of rotatable bonds is 7. The monoisotopic (exact) mass is 435 g/mol. The van der Waals surface area contributed by atoms with Crippen molar-refractivity contribution in [3.05, 3.63) is 71.3 Å². The van der Waals surface area contributed by atoms with E-state index in [-0.39, 0.29) is 17.8 Å². The van der Waals surface area contributed by atoms with E-state index in [9.17, 15) is 14.4 Å². The van der Waals surface area contributed by atoms with Crippen molar-refractivity contribution in [2.75, 3.05) is 20.2 Å². The molecule has 168 valence electrons. The van der Waals surface area contributed by atoms with E-state index in [0.717, 1.165) is 50.0 Å². The van der Waals surface area contributed by atoms with E-state index in [4.69, 9.17) is 4.74 Å². The van der Waals surface area contributed by atoms with Crippen LogP contribution >= 0.6 is 0 Å². The number of hydrogen-bond donors (Lipinski definition) is 2. The number of hydrogen-bond acceptors (Lipinski definition) is 5. The van der Waals surface area contributed by atoms with Crippen LogP contribution in [0, 0.1) is 5.92 Å². The Morgan fingerprint density at radius 1 is 1.03 bits per heavy atom. The summed E-state index contributed by atoms with van der Waals surface area (Å²) in [6, 6.07) is 17.1. The van der Waals surface area contributed by atoms with Crippen molar-refractivity contribution in [2.45, 2.75) is 37.8 Å². The zero-order chi connectivity index (χ0) is 22.6. The van der Waals surface area contributed by atoms with Gasteiger partial charge in [0.2, 0.25) is 0 Å². The van der Waals surface area contributed by atoms with E-state index in [1.807, 2.05) is 30.3 Å². The molecule has 2 aliphatic heterocycles. The molecule has 0 unspecified atom stereocenters. The van der Waals surface area contributed by atoms with Crippen LogP contribution in [0.5, 0.6) is 0 Å². The molecule has 0 aromatic heterocycles. The Morgan fingerprint density at radius 3 is 2.31 bits per heavy atom. The molecule has 2 heterocycles. The number of aryl methyl sites for hydroxylation is 1. The van der Waals surface area contributed by atoms with Crippen molar-refractivity contribution in [2.24, 2.45) is 5.92 Å². The van der Waals surface area contributed by atoms with E-state index in [2.05, 4.69) is 27.7 Å². The molecule has 7 heteroatoms. The average molecular weight is 436 g/mol. The van der Waals surface area contributed by atoms with Gasteiger partial charge in [-0.1, -0.05) is 42.5 Å². The predicted octanol–water partition coefficient (Wildman–Crippen LogP) is 2.90. The van der Waals surface area contributed by atoms with Crippen LogP contribution in [-0.4, -0.2) is 48.5 Å². The first-order valence-electron chi connectivity index (χ1n) is 11.1. The van der Waals surface area contributed by atoms with E-state index >= 15 is 0 Å². The molecule has 0 spiro atoms. The fourth-order valence-electron chi connectivity index (χ4n) is 4.87. The average Bonchev–Trinajstić information content (AvgIpc) is 3.12. The van der Waals surface area contributed by atoms with Crippen LogP contribution in [0.1, 0.15) is 40.7 Å². The summed E-state index contributed by atoms with van der Waals surface area (Å²) in [5.41, 5.74) is 1.98.